The van der Waals surface area contributed by atoms with Gasteiger partial charge in [0.25, 0.3) is 0 Å². The molecule has 0 heterocycles. The summed E-state index contributed by atoms with van der Waals surface area (Å²) in [7, 11) is 0. The van der Waals surface area contributed by atoms with E-state index >= 15 is 0 Å². The summed E-state index contributed by atoms with van der Waals surface area (Å²) in [4.78, 5) is 1.38. The highest BCUT2D eigenvalue weighted by atomic mass is 32.2. The molecule has 2 N–H and O–H groups in total. The Morgan fingerprint density at radius 3 is 2.67 bits per heavy atom. The molecule has 1 nitrogen and oxygen atoms in total. The van der Waals surface area contributed by atoms with Crippen molar-refractivity contribution in [1.82, 2.24) is 0 Å². The molecule has 0 aliphatic heterocycles. The minimum absolute atomic E-state index is 0.374. The summed E-state index contributed by atoms with van der Waals surface area (Å²) in [6.07, 6.45) is 5.11. The zero-order valence-electron chi connectivity index (χ0n) is 11.8. The molecule has 1 saturated carbocycles. The monoisotopic (exact) mass is 263 g/mol. The van der Waals surface area contributed by atoms with Crippen molar-refractivity contribution in [3.05, 3.63) is 29.3 Å². The number of benzene rings is 1. The molecule has 18 heavy (non-hydrogen) atoms. The molecule has 3 atom stereocenters. The minimum atomic E-state index is 0.374. The van der Waals surface area contributed by atoms with Crippen molar-refractivity contribution in [2.45, 2.75) is 62.6 Å². The lowest BCUT2D eigenvalue weighted by atomic mass is 9.84. The van der Waals surface area contributed by atoms with Crippen LogP contribution in [0.1, 0.15) is 43.7 Å². The summed E-state index contributed by atoms with van der Waals surface area (Å²) < 4.78 is 0. The third-order valence-electron chi connectivity index (χ3n) is 4.29. The van der Waals surface area contributed by atoms with Gasteiger partial charge < -0.3 is 5.73 Å². The highest BCUT2D eigenvalue weighted by Crippen LogP contribution is 2.37. The molecule has 3 unspecified atom stereocenters. The fourth-order valence-corrected chi connectivity index (χ4v) is 4.12. The Morgan fingerprint density at radius 2 is 2.00 bits per heavy atom. The first kappa shape index (κ1) is 14.0. The summed E-state index contributed by atoms with van der Waals surface area (Å²) in [5.41, 5.74) is 9.05. The molecule has 2 heteroatoms. The molecule has 0 spiro atoms. The van der Waals surface area contributed by atoms with Gasteiger partial charge in [0, 0.05) is 16.2 Å². The SMILES string of the molecule is CCC1CCC(N)C(Sc2ccc(C)c(C)c2)C1. The molecule has 1 fully saturated rings. The van der Waals surface area contributed by atoms with Gasteiger partial charge in [0.1, 0.15) is 0 Å². The van der Waals surface area contributed by atoms with Gasteiger partial charge in [0.15, 0.2) is 0 Å². The highest BCUT2D eigenvalue weighted by molar-refractivity contribution is 8.00. The number of thioether (sulfide) groups is 1. The summed E-state index contributed by atoms with van der Waals surface area (Å²) >= 11 is 1.99. The Hall–Kier alpha value is -0.470. The second kappa shape index (κ2) is 6.12. The molecule has 1 aliphatic rings. The minimum Gasteiger partial charge on any atom is -0.327 e. The van der Waals surface area contributed by atoms with Gasteiger partial charge in [-0.15, -0.1) is 11.8 Å². The van der Waals surface area contributed by atoms with Crippen LogP contribution in [0, 0.1) is 19.8 Å². The van der Waals surface area contributed by atoms with Crippen molar-refractivity contribution < 1.29 is 0 Å². The summed E-state index contributed by atoms with van der Waals surface area (Å²) in [5, 5.41) is 0.603. The molecule has 1 aliphatic carbocycles. The number of nitrogens with two attached hydrogens (primary N) is 1. The van der Waals surface area contributed by atoms with Crippen molar-refractivity contribution in [2.75, 3.05) is 0 Å². The van der Waals surface area contributed by atoms with Crippen LogP contribution in [0.5, 0.6) is 0 Å². The van der Waals surface area contributed by atoms with Gasteiger partial charge in [-0.05, 0) is 62.3 Å². The van der Waals surface area contributed by atoms with E-state index in [0.29, 0.717) is 11.3 Å². The van der Waals surface area contributed by atoms with E-state index in [1.807, 2.05) is 11.8 Å². The standard InChI is InChI=1S/C16H25NS/c1-4-13-6-8-15(17)16(10-13)18-14-7-5-11(2)12(3)9-14/h5,7,9,13,15-16H,4,6,8,10,17H2,1-3H3. The zero-order valence-corrected chi connectivity index (χ0v) is 12.6. The summed E-state index contributed by atoms with van der Waals surface area (Å²) in [6.45, 7) is 6.66. The van der Waals surface area contributed by atoms with Crippen LogP contribution in [0.4, 0.5) is 0 Å². The lowest BCUT2D eigenvalue weighted by Gasteiger charge is -2.33. The van der Waals surface area contributed by atoms with Crippen molar-refractivity contribution in [3.63, 3.8) is 0 Å². The van der Waals surface area contributed by atoms with E-state index in [4.69, 9.17) is 5.73 Å². The van der Waals surface area contributed by atoms with E-state index in [2.05, 4.69) is 39.0 Å². The predicted octanol–water partition coefficient (Wildman–Crippen LogP) is 4.30. The number of aryl methyl sites for hydroxylation is 2. The van der Waals surface area contributed by atoms with E-state index in [0.717, 1.165) is 5.92 Å². The molecule has 0 radical (unpaired) electrons. The maximum absolute atomic E-state index is 6.29. The number of rotatable bonds is 3. The molecule has 1 aromatic carbocycles. The van der Waals surface area contributed by atoms with E-state index in [-0.39, 0.29) is 0 Å². The average Bonchev–Trinajstić information content (AvgIpc) is 2.36. The topological polar surface area (TPSA) is 26.0 Å². The first-order chi connectivity index (χ1) is 8.60. The van der Waals surface area contributed by atoms with Crippen molar-refractivity contribution in [2.24, 2.45) is 11.7 Å². The Bertz CT molecular complexity index is 402. The zero-order chi connectivity index (χ0) is 13.1. The molecule has 100 valence electrons. The van der Waals surface area contributed by atoms with E-state index in [1.165, 1.54) is 41.7 Å². The number of hydrogen-bond donors (Lipinski definition) is 1. The van der Waals surface area contributed by atoms with Crippen LogP contribution in [0.3, 0.4) is 0 Å². The normalized spacial score (nSPS) is 28.3. The van der Waals surface area contributed by atoms with Crippen LogP contribution >= 0.6 is 11.8 Å². The van der Waals surface area contributed by atoms with Gasteiger partial charge in [-0.3, -0.25) is 0 Å². The summed E-state index contributed by atoms with van der Waals surface area (Å²) in [5.74, 6) is 0.883. The lowest BCUT2D eigenvalue weighted by molar-refractivity contribution is 0.327. The van der Waals surface area contributed by atoms with Gasteiger partial charge in [-0.25, -0.2) is 0 Å². The molecular weight excluding hydrogens is 238 g/mol. The van der Waals surface area contributed by atoms with Crippen LogP contribution in [0.15, 0.2) is 23.1 Å². The largest absolute Gasteiger partial charge is 0.327 e. The lowest BCUT2D eigenvalue weighted by Crippen LogP contribution is -2.38. The quantitative estimate of drug-likeness (QED) is 0.880. The first-order valence-electron chi connectivity index (χ1n) is 7.09. The van der Waals surface area contributed by atoms with Crippen LogP contribution in [-0.4, -0.2) is 11.3 Å². The molecule has 1 aromatic rings. The maximum Gasteiger partial charge on any atom is 0.0248 e. The second-order valence-corrected chi connectivity index (χ2v) is 6.97. The average molecular weight is 263 g/mol. The van der Waals surface area contributed by atoms with Crippen molar-refractivity contribution >= 4 is 11.8 Å². The van der Waals surface area contributed by atoms with E-state index < -0.39 is 0 Å². The van der Waals surface area contributed by atoms with Crippen LogP contribution in [0.2, 0.25) is 0 Å². The first-order valence-corrected chi connectivity index (χ1v) is 7.97. The summed E-state index contributed by atoms with van der Waals surface area (Å²) in [6, 6.07) is 7.15. The Labute approximate surface area is 116 Å². The van der Waals surface area contributed by atoms with Crippen LogP contribution < -0.4 is 5.73 Å². The molecule has 0 bridgehead atoms. The van der Waals surface area contributed by atoms with Crippen molar-refractivity contribution in [1.29, 1.82) is 0 Å². The van der Waals surface area contributed by atoms with Gasteiger partial charge >= 0.3 is 0 Å². The fourth-order valence-electron chi connectivity index (χ4n) is 2.70. The van der Waals surface area contributed by atoms with Crippen molar-refractivity contribution in [3.8, 4) is 0 Å². The Balaban J connectivity index is 2.04. The van der Waals surface area contributed by atoms with Crippen LogP contribution in [-0.2, 0) is 0 Å². The molecule has 0 saturated heterocycles. The number of hydrogen-bond acceptors (Lipinski definition) is 2. The van der Waals surface area contributed by atoms with Gasteiger partial charge in [0.05, 0.1) is 0 Å². The third-order valence-corrected chi connectivity index (χ3v) is 5.67. The second-order valence-electron chi connectivity index (χ2n) is 5.65. The molecule has 0 aromatic heterocycles. The maximum atomic E-state index is 6.29. The fraction of sp³-hybridized carbons (Fsp3) is 0.625. The Kier molecular flexibility index (Phi) is 4.74. The Morgan fingerprint density at radius 1 is 1.22 bits per heavy atom. The van der Waals surface area contributed by atoms with Gasteiger partial charge in [0.2, 0.25) is 0 Å². The molecule has 2 rings (SSSR count). The van der Waals surface area contributed by atoms with E-state index in [9.17, 15) is 0 Å². The van der Waals surface area contributed by atoms with Crippen LogP contribution in [0.25, 0.3) is 0 Å². The van der Waals surface area contributed by atoms with Gasteiger partial charge in [-0.2, -0.15) is 0 Å². The predicted molar refractivity (Wildman–Crippen MR) is 81.2 cm³/mol. The smallest absolute Gasteiger partial charge is 0.0248 e. The third kappa shape index (κ3) is 3.30. The molecular formula is C16H25NS. The van der Waals surface area contributed by atoms with Gasteiger partial charge in [-0.1, -0.05) is 19.4 Å². The highest BCUT2D eigenvalue weighted by Gasteiger charge is 2.27. The van der Waals surface area contributed by atoms with E-state index in [1.54, 1.807) is 0 Å². The molecule has 0 amide bonds.